The van der Waals surface area contributed by atoms with Crippen molar-refractivity contribution in [2.75, 3.05) is 13.6 Å². The van der Waals surface area contributed by atoms with E-state index < -0.39 is 0 Å². The van der Waals surface area contributed by atoms with E-state index in [4.69, 9.17) is 11.6 Å². The SMILES string of the molecule is CCCCN(C)Cc1c(C)nn(-c2ccccc2)c1Cl. The number of halogens is 1. The Morgan fingerprint density at radius 2 is 1.95 bits per heavy atom. The van der Waals surface area contributed by atoms with Crippen molar-refractivity contribution in [1.29, 1.82) is 0 Å². The predicted octanol–water partition coefficient (Wildman–Crippen LogP) is 4.07. The van der Waals surface area contributed by atoms with Crippen LogP contribution in [0.2, 0.25) is 5.15 Å². The van der Waals surface area contributed by atoms with Gasteiger partial charge in [0.1, 0.15) is 5.15 Å². The van der Waals surface area contributed by atoms with Gasteiger partial charge >= 0.3 is 0 Å². The minimum absolute atomic E-state index is 0.719. The van der Waals surface area contributed by atoms with E-state index in [9.17, 15) is 0 Å². The molecule has 1 aromatic carbocycles. The summed E-state index contributed by atoms with van der Waals surface area (Å²) in [7, 11) is 2.13. The minimum atomic E-state index is 0.719. The van der Waals surface area contributed by atoms with E-state index >= 15 is 0 Å². The Labute approximate surface area is 126 Å². The fourth-order valence-electron chi connectivity index (χ4n) is 2.23. The van der Waals surface area contributed by atoms with Gasteiger partial charge in [-0.25, -0.2) is 4.68 Å². The van der Waals surface area contributed by atoms with Crippen molar-refractivity contribution in [2.45, 2.75) is 33.2 Å². The van der Waals surface area contributed by atoms with Crippen LogP contribution in [0.15, 0.2) is 30.3 Å². The van der Waals surface area contributed by atoms with Crippen LogP contribution >= 0.6 is 11.6 Å². The van der Waals surface area contributed by atoms with Crippen molar-refractivity contribution in [3.05, 3.63) is 46.7 Å². The Balaban J connectivity index is 2.21. The lowest BCUT2D eigenvalue weighted by Gasteiger charge is -2.15. The van der Waals surface area contributed by atoms with Gasteiger partial charge in [-0.15, -0.1) is 0 Å². The third-order valence-corrected chi connectivity index (χ3v) is 3.83. The molecule has 0 bridgehead atoms. The highest BCUT2D eigenvalue weighted by Gasteiger charge is 2.15. The molecule has 1 aromatic heterocycles. The molecule has 0 fully saturated rings. The summed E-state index contributed by atoms with van der Waals surface area (Å²) in [5, 5.41) is 5.29. The van der Waals surface area contributed by atoms with Crippen molar-refractivity contribution >= 4 is 11.6 Å². The molecular weight excluding hydrogens is 270 g/mol. The lowest BCUT2D eigenvalue weighted by molar-refractivity contribution is 0.320. The molecule has 0 aliphatic carbocycles. The second-order valence-corrected chi connectivity index (χ2v) is 5.55. The van der Waals surface area contributed by atoms with Gasteiger partial charge in [-0.3, -0.25) is 0 Å². The van der Waals surface area contributed by atoms with Gasteiger partial charge in [0.25, 0.3) is 0 Å². The van der Waals surface area contributed by atoms with Gasteiger partial charge in [0.05, 0.1) is 11.4 Å². The van der Waals surface area contributed by atoms with Crippen LogP contribution in [0.3, 0.4) is 0 Å². The molecule has 0 aliphatic rings. The molecule has 2 aromatic rings. The van der Waals surface area contributed by atoms with Crippen molar-refractivity contribution in [3.63, 3.8) is 0 Å². The number of hydrogen-bond donors (Lipinski definition) is 0. The molecule has 0 atom stereocenters. The fourth-order valence-corrected chi connectivity index (χ4v) is 2.56. The van der Waals surface area contributed by atoms with Gasteiger partial charge in [0.15, 0.2) is 0 Å². The quantitative estimate of drug-likeness (QED) is 0.800. The summed E-state index contributed by atoms with van der Waals surface area (Å²) in [4.78, 5) is 2.30. The molecule has 4 heteroatoms. The van der Waals surface area contributed by atoms with Crippen LogP contribution in [0.1, 0.15) is 31.0 Å². The Morgan fingerprint density at radius 3 is 2.60 bits per heavy atom. The third kappa shape index (κ3) is 3.41. The average Bonchev–Trinajstić information content (AvgIpc) is 2.74. The first-order valence-corrected chi connectivity index (χ1v) is 7.49. The number of hydrogen-bond acceptors (Lipinski definition) is 2. The Kier molecular flexibility index (Phi) is 5.21. The van der Waals surface area contributed by atoms with Crippen LogP contribution in [0.4, 0.5) is 0 Å². The number of nitrogens with zero attached hydrogens (tertiary/aromatic N) is 3. The smallest absolute Gasteiger partial charge is 0.137 e. The molecule has 20 heavy (non-hydrogen) atoms. The molecule has 0 aliphatic heterocycles. The summed E-state index contributed by atoms with van der Waals surface area (Å²) >= 11 is 6.52. The van der Waals surface area contributed by atoms with E-state index in [2.05, 4.69) is 24.0 Å². The molecule has 0 spiro atoms. The molecule has 0 unspecified atom stereocenters. The van der Waals surface area contributed by atoms with E-state index in [0.29, 0.717) is 0 Å². The van der Waals surface area contributed by atoms with Gasteiger partial charge in [0, 0.05) is 12.1 Å². The van der Waals surface area contributed by atoms with Gasteiger partial charge in [-0.1, -0.05) is 43.1 Å². The summed E-state index contributed by atoms with van der Waals surface area (Å²) in [6, 6.07) is 10.0. The maximum atomic E-state index is 6.52. The van der Waals surface area contributed by atoms with Crippen LogP contribution in [0.25, 0.3) is 5.69 Å². The van der Waals surface area contributed by atoms with Crippen molar-refractivity contribution in [2.24, 2.45) is 0 Å². The maximum absolute atomic E-state index is 6.52. The average molecular weight is 292 g/mol. The molecule has 0 N–H and O–H groups in total. The summed E-state index contributed by atoms with van der Waals surface area (Å²) < 4.78 is 1.82. The van der Waals surface area contributed by atoms with E-state index in [1.807, 2.05) is 41.9 Å². The van der Waals surface area contributed by atoms with Crippen LogP contribution in [0.5, 0.6) is 0 Å². The zero-order chi connectivity index (χ0) is 14.5. The minimum Gasteiger partial charge on any atom is -0.302 e. The third-order valence-electron chi connectivity index (χ3n) is 3.44. The molecule has 1 heterocycles. The zero-order valence-corrected chi connectivity index (χ0v) is 13.2. The first-order chi connectivity index (χ1) is 9.63. The normalized spacial score (nSPS) is 11.2. The maximum Gasteiger partial charge on any atom is 0.137 e. The van der Waals surface area contributed by atoms with Gasteiger partial charge in [-0.2, -0.15) is 5.10 Å². The second kappa shape index (κ2) is 6.91. The van der Waals surface area contributed by atoms with Gasteiger partial charge in [0.2, 0.25) is 0 Å². The van der Waals surface area contributed by atoms with Crippen LogP contribution in [-0.2, 0) is 6.54 Å². The largest absolute Gasteiger partial charge is 0.302 e. The number of aromatic nitrogens is 2. The van der Waals surface area contributed by atoms with Crippen molar-refractivity contribution < 1.29 is 0 Å². The number of para-hydroxylation sites is 1. The molecular formula is C16H22ClN3. The summed E-state index contributed by atoms with van der Waals surface area (Å²) in [6.45, 7) is 6.16. The molecule has 0 radical (unpaired) electrons. The second-order valence-electron chi connectivity index (χ2n) is 5.19. The zero-order valence-electron chi connectivity index (χ0n) is 12.4. The predicted molar refractivity (Wildman–Crippen MR) is 84.6 cm³/mol. The van der Waals surface area contributed by atoms with Crippen LogP contribution in [0, 0.1) is 6.92 Å². The molecule has 0 saturated heterocycles. The Morgan fingerprint density at radius 1 is 1.25 bits per heavy atom. The monoisotopic (exact) mass is 291 g/mol. The van der Waals surface area contributed by atoms with Crippen molar-refractivity contribution in [1.82, 2.24) is 14.7 Å². The first kappa shape index (κ1) is 15.1. The molecule has 0 saturated carbocycles. The standard InChI is InChI=1S/C16H22ClN3/c1-4-5-11-19(3)12-15-13(2)18-20(16(15)17)14-9-7-6-8-10-14/h6-10H,4-5,11-12H2,1-3H3. The lowest BCUT2D eigenvalue weighted by atomic mass is 10.2. The van der Waals surface area contributed by atoms with E-state index in [1.165, 1.54) is 12.8 Å². The molecule has 3 nitrogen and oxygen atoms in total. The fraction of sp³-hybridized carbons (Fsp3) is 0.438. The number of unbranched alkanes of at least 4 members (excludes halogenated alkanes) is 1. The number of aryl methyl sites for hydroxylation is 1. The highest BCUT2D eigenvalue weighted by atomic mass is 35.5. The van der Waals surface area contributed by atoms with Gasteiger partial charge < -0.3 is 4.90 Å². The van der Waals surface area contributed by atoms with E-state index in [1.54, 1.807) is 0 Å². The van der Waals surface area contributed by atoms with Crippen molar-refractivity contribution in [3.8, 4) is 5.69 Å². The van der Waals surface area contributed by atoms with Crippen LogP contribution in [-0.4, -0.2) is 28.3 Å². The topological polar surface area (TPSA) is 21.1 Å². The van der Waals surface area contributed by atoms with E-state index in [0.717, 1.165) is 35.2 Å². The summed E-state index contributed by atoms with van der Waals surface area (Å²) in [5.41, 5.74) is 3.12. The Hall–Kier alpha value is -1.32. The first-order valence-electron chi connectivity index (χ1n) is 7.11. The molecule has 2 rings (SSSR count). The Bertz CT molecular complexity index is 548. The highest BCUT2D eigenvalue weighted by molar-refractivity contribution is 6.30. The summed E-state index contributed by atoms with van der Waals surface area (Å²) in [6.07, 6.45) is 2.42. The number of rotatable bonds is 6. The van der Waals surface area contributed by atoms with E-state index in [-0.39, 0.29) is 0 Å². The highest BCUT2D eigenvalue weighted by Crippen LogP contribution is 2.24. The lowest BCUT2D eigenvalue weighted by Crippen LogP contribution is -2.19. The number of benzene rings is 1. The summed E-state index contributed by atoms with van der Waals surface area (Å²) in [5.74, 6) is 0. The molecule has 108 valence electrons. The van der Waals surface area contributed by atoms with Crippen LogP contribution < -0.4 is 0 Å². The van der Waals surface area contributed by atoms with Gasteiger partial charge in [-0.05, 0) is 39.1 Å². The molecule has 0 amide bonds.